The summed E-state index contributed by atoms with van der Waals surface area (Å²) < 4.78 is 137. The molecular weight excluding hydrogens is 903 g/mol. The van der Waals surface area contributed by atoms with E-state index in [0.29, 0.717) is 132 Å². The van der Waals surface area contributed by atoms with E-state index in [2.05, 4.69) is 0 Å². The third-order valence-corrected chi connectivity index (χ3v) is 16.1. The number of rotatable bonds is 40. The van der Waals surface area contributed by atoms with Gasteiger partial charge in [0.2, 0.25) is 0 Å². The van der Waals surface area contributed by atoms with Crippen LogP contribution in [0.3, 0.4) is 0 Å². The Morgan fingerprint density at radius 2 is 0.540 bits per heavy atom. The van der Waals surface area contributed by atoms with Crippen molar-refractivity contribution in [3.63, 3.8) is 0 Å². The summed E-state index contributed by atoms with van der Waals surface area (Å²) in [4.78, 5) is 0. The highest BCUT2D eigenvalue weighted by atomic mass is 31.3. The average molecular weight is 980 g/mol. The molecule has 0 aromatic carbocycles. The van der Waals surface area contributed by atoms with E-state index in [1.165, 1.54) is 0 Å². The lowest BCUT2D eigenvalue weighted by atomic mass is 10.7. The molecule has 63 heavy (non-hydrogen) atoms. The van der Waals surface area contributed by atoms with Crippen molar-refractivity contribution in [2.75, 3.05) is 240 Å². The predicted molar refractivity (Wildman–Crippen MR) is 230 cm³/mol. The first-order valence-corrected chi connectivity index (χ1v) is 25.8. The zero-order chi connectivity index (χ0) is 45.1. The molecule has 0 saturated carbocycles. The highest BCUT2D eigenvalue weighted by Gasteiger charge is 2.43. The van der Waals surface area contributed by atoms with Gasteiger partial charge in [0.25, 0.3) is 0 Å². The second-order valence-corrected chi connectivity index (χ2v) is 19.1. The molecule has 2 heterocycles. The zero-order valence-corrected chi connectivity index (χ0v) is 40.6. The average Bonchev–Trinajstić information content (AvgIpc) is 3.28. The molecule has 2 atom stereocenters. The molecule has 0 amide bonds. The van der Waals surface area contributed by atoms with Crippen LogP contribution in [0.1, 0.15) is 0 Å². The second-order valence-electron chi connectivity index (χ2n) is 12.4. The minimum atomic E-state index is -3.78. The fourth-order valence-electron chi connectivity index (χ4n) is 4.59. The Labute approximate surface area is 374 Å². The number of nitrogens with zero attached hydrogens (tertiary/aromatic N) is 3. The van der Waals surface area contributed by atoms with Crippen molar-refractivity contribution in [3.8, 4) is 0 Å². The second kappa shape index (κ2) is 42.0. The molecule has 376 valence electrons. The fraction of sp³-hybridized carbons (Fsp3) is 1.00. The summed E-state index contributed by atoms with van der Waals surface area (Å²) in [7, 11) is -4.87. The fourth-order valence-corrected chi connectivity index (χ4v) is 14.0. The van der Waals surface area contributed by atoms with Crippen LogP contribution in [0.2, 0.25) is 0 Å². The monoisotopic (exact) mass is 979 g/mol. The molecule has 2 aliphatic heterocycles. The maximum absolute atomic E-state index is 6.52. The Bertz CT molecular complexity index is 1150. The van der Waals surface area contributed by atoms with Gasteiger partial charge in [-0.3, -0.25) is 0 Å². The van der Waals surface area contributed by atoms with E-state index < -0.39 is 23.0 Å². The van der Waals surface area contributed by atoms with Crippen LogP contribution in [-0.4, -0.2) is 240 Å². The molecule has 24 nitrogen and oxygen atoms in total. The van der Waals surface area contributed by atoms with Crippen LogP contribution in [0.5, 0.6) is 0 Å². The molecule has 0 spiro atoms. The molecule has 0 fully saturated rings. The Morgan fingerprint density at radius 1 is 0.286 bits per heavy atom. The lowest BCUT2D eigenvalue weighted by Crippen LogP contribution is -2.16. The summed E-state index contributed by atoms with van der Waals surface area (Å²) in [6.07, 6.45) is 0. The van der Waals surface area contributed by atoms with Gasteiger partial charge in [0, 0.05) is 28.4 Å². The first-order chi connectivity index (χ1) is 31.1. The quantitative estimate of drug-likeness (QED) is 0.0629. The summed E-state index contributed by atoms with van der Waals surface area (Å²) in [6.45, 7) is 8.94. The topological polar surface area (TPSA) is 231 Å². The van der Waals surface area contributed by atoms with Gasteiger partial charge in [-0.15, -0.1) is 13.5 Å². The van der Waals surface area contributed by atoms with E-state index in [0.717, 1.165) is 0 Å². The SMILES string of the molecule is COCCOCCOCCOP1(OCCOCCOCCOC)=NP2(OCCOCCOCCOC)=NP(OCCOCCOCCOC)(=N1)OCCOCCOCCOCCO2. The molecule has 2 bridgehead atoms. The van der Waals surface area contributed by atoms with Crippen molar-refractivity contribution >= 4 is 23.0 Å². The van der Waals surface area contributed by atoms with Crippen molar-refractivity contribution in [1.82, 2.24) is 0 Å². The predicted octanol–water partition coefficient (Wildman–Crippen LogP) is 3.72. The van der Waals surface area contributed by atoms with E-state index in [1.807, 2.05) is 0 Å². The van der Waals surface area contributed by atoms with E-state index in [4.69, 9.17) is 112 Å². The van der Waals surface area contributed by atoms with Gasteiger partial charge in [-0.2, -0.15) is 0 Å². The third-order valence-electron chi connectivity index (χ3n) is 7.56. The van der Waals surface area contributed by atoms with Gasteiger partial charge in [0.15, 0.2) is 0 Å². The van der Waals surface area contributed by atoms with Crippen LogP contribution in [0.15, 0.2) is 13.5 Å². The summed E-state index contributed by atoms with van der Waals surface area (Å²) >= 11 is 0. The molecule has 0 N–H and O–H groups in total. The summed E-state index contributed by atoms with van der Waals surface area (Å²) in [5.41, 5.74) is 0. The number of ether oxygens (including phenoxy) is 15. The van der Waals surface area contributed by atoms with Gasteiger partial charge in [-0.1, -0.05) is 0 Å². The van der Waals surface area contributed by atoms with Gasteiger partial charge < -0.3 is 98.2 Å². The van der Waals surface area contributed by atoms with E-state index in [9.17, 15) is 0 Å². The first kappa shape index (κ1) is 59.0. The maximum Gasteiger partial charge on any atom is 0.349 e. The molecule has 2 rings (SSSR count). The van der Waals surface area contributed by atoms with Gasteiger partial charge >= 0.3 is 23.0 Å². The lowest BCUT2D eigenvalue weighted by molar-refractivity contribution is 0.00198. The van der Waals surface area contributed by atoms with E-state index >= 15 is 0 Å². The Morgan fingerprint density at radius 3 is 0.857 bits per heavy atom. The van der Waals surface area contributed by atoms with Gasteiger partial charge in [-0.05, 0) is 0 Å². The van der Waals surface area contributed by atoms with Crippen molar-refractivity contribution in [3.05, 3.63) is 0 Å². The lowest BCUT2D eigenvalue weighted by Gasteiger charge is -2.33. The maximum atomic E-state index is 6.52. The van der Waals surface area contributed by atoms with E-state index in [-0.39, 0.29) is 79.3 Å². The normalized spacial score (nSPS) is 21.1. The number of hydrogen-bond acceptors (Lipinski definition) is 24. The molecule has 27 heteroatoms. The summed E-state index contributed by atoms with van der Waals surface area (Å²) in [5, 5.41) is 0. The van der Waals surface area contributed by atoms with Gasteiger partial charge in [0.05, 0.1) is 211 Å². The Balaban J connectivity index is 2.49. The first-order valence-electron chi connectivity index (χ1n) is 21.2. The van der Waals surface area contributed by atoms with Crippen LogP contribution in [0.25, 0.3) is 0 Å². The Hall–Kier alpha value is -0.150. The Kier molecular flexibility index (Phi) is 39.3. The van der Waals surface area contributed by atoms with Gasteiger partial charge in [-0.25, -0.2) is 0 Å². The van der Waals surface area contributed by atoms with Crippen LogP contribution in [-0.2, 0) is 98.2 Å². The summed E-state index contributed by atoms with van der Waals surface area (Å²) in [6, 6.07) is 0. The molecule has 0 radical (unpaired) electrons. The standard InChI is InChI=1S/C36H76N3O21P3/c1-40-5-9-44-13-19-49-25-31-55-61(56-32-26-50-20-14-45-10-6-41-2)37-62(57-33-27-51-21-15-46-11-7-42-3)39-63(38-61,58-34-28-52-22-16-47-12-8-43-4)60-36-30-54-24-18-48-17-23-53-29-35-59-62/h5-36H2,1-4H3. The van der Waals surface area contributed by atoms with Crippen molar-refractivity contribution in [1.29, 1.82) is 0 Å². The minimum absolute atomic E-state index is 0.0115. The van der Waals surface area contributed by atoms with E-state index in [1.54, 1.807) is 28.4 Å². The minimum Gasteiger partial charge on any atom is -0.382 e. The number of fused-ring (bicyclic) bond motifs is 1. The molecule has 0 aromatic rings. The molecule has 0 aromatic heterocycles. The highest BCUT2D eigenvalue weighted by Crippen LogP contribution is 2.80. The zero-order valence-electron chi connectivity index (χ0n) is 37.9. The van der Waals surface area contributed by atoms with Crippen molar-refractivity contribution < 1.29 is 98.2 Å². The third kappa shape index (κ3) is 31.5. The molecule has 2 unspecified atom stereocenters. The molecule has 2 aliphatic rings. The smallest absolute Gasteiger partial charge is 0.349 e. The van der Waals surface area contributed by atoms with Crippen LogP contribution in [0.4, 0.5) is 0 Å². The van der Waals surface area contributed by atoms with Crippen molar-refractivity contribution in [2.24, 2.45) is 13.5 Å². The van der Waals surface area contributed by atoms with Gasteiger partial charge in [0.1, 0.15) is 0 Å². The highest BCUT2D eigenvalue weighted by molar-refractivity contribution is 7.78. The molecule has 0 aliphatic carbocycles. The van der Waals surface area contributed by atoms with Crippen LogP contribution in [0, 0.1) is 0 Å². The molecule has 0 saturated heterocycles. The molecular formula is C36H76N3O21P3. The number of hydrogen-bond donors (Lipinski definition) is 0. The van der Waals surface area contributed by atoms with Crippen LogP contribution >= 0.6 is 23.0 Å². The summed E-state index contributed by atoms with van der Waals surface area (Å²) in [5.74, 6) is 0. The van der Waals surface area contributed by atoms with Crippen molar-refractivity contribution in [2.45, 2.75) is 0 Å². The largest absolute Gasteiger partial charge is 0.382 e. The number of methoxy groups -OCH3 is 4. The van der Waals surface area contributed by atoms with Crippen LogP contribution < -0.4 is 0 Å².